The van der Waals surface area contributed by atoms with E-state index in [2.05, 4.69) is 11.2 Å². The molecule has 0 rings (SSSR count). The summed E-state index contributed by atoms with van der Waals surface area (Å²) in [6, 6.07) is 0. The number of hydrogen-bond acceptors (Lipinski definition) is 1. The van der Waals surface area contributed by atoms with Crippen LogP contribution >= 0.6 is 18.3 Å². The van der Waals surface area contributed by atoms with E-state index in [9.17, 15) is 4.20 Å². The Morgan fingerprint density at radius 3 is 2.00 bits per heavy atom. The number of halogens is 2. The van der Waals surface area contributed by atoms with Gasteiger partial charge in [0.25, 0.3) is 0 Å². The third-order valence-corrected chi connectivity index (χ3v) is 0. The molecule has 6 heteroatoms. The van der Waals surface area contributed by atoms with Crippen molar-refractivity contribution in [3.05, 3.63) is 0 Å². The summed E-state index contributed by atoms with van der Waals surface area (Å²) >= 11 is 3.97. The minimum atomic E-state index is -4.67. The van der Waals surface area contributed by atoms with Crippen LogP contribution in [0.5, 0.6) is 0 Å². The van der Waals surface area contributed by atoms with Gasteiger partial charge in [0, 0.05) is 11.2 Å². The van der Waals surface area contributed by atoms with Gasteiger partial charge in [0.1, 0.15) is 0 Å². The van der Waals surface area contributed by atoms with Gasteiger partial charge in [-0.1, -0.05) is 0 Å². The molecule has 0 aliphatic rings. The molecule has 0 bridgehead atoms. The van der Waals surface area contributed by atoms with Crippen molar-refractivity contribution >= 4 is 56.0 Å². The minimum absolute atomic E-state index is 0. The SMILES string of the molecule is O=P(O)(F)Cl.[Ca+2].[H-].[H-]. The predicted molar refractivity (Wildman–Crippen MR) is 24.8 cm³/mol. The normalized spacial score (nSPS) is 17.8. The average molecular weight is 161 g/mol. The van der Waals surface area contributed by atoms with E-state index in [0.29, 0.717) is 0 Å². The monoisotopic (exact) mass is 160 g/mol. The standard InChI is InChI=1S/Ca.ClFHO2P.2H/c;1-5(2,3)4;;/h;(H,3,4);;/q+2;;2*-1. The number of hydrogen-bond donors (Lipinski definition) is 1. The summed E-state index contributed by atoms with van der Waals surface area (Å²) in [7, 11) is -4.67. The summed E-state index contributed by atoms with van der Waals surface area (Å²) in [6.07, 6.45) is 0. The molecule has 0 amide bonds. The Kier molecular flexibility index (Phi) is 6.45. The van der Waals surface area contributed by atoms with E-state index in [-0.39, 0.29) is 40.6 Å². The maximum absolute atomic E-state index is 10.6. The van der Waals surface area contributed by atoms with Crippen molar-refractivity contribution in [2.75, 3.05) is 0 Å². The summed E-state index contributed by atoms with van der Waals surface area (Å²) in [5.74, 6) is 0. The van der Waals surface area contributed by atoms with Crippen LogP contribution in [0.15, 0.2) is 0 Å². The fourth-order valence-electron chi connectivity index (χ4n) is 0. The van der Waals surface area contributed by atoms with E-state index in [4.69, 9.17) is 9.46 Å². The second kappa shape index (κ2) is 3.64. The van der Waals surface area contributed by atoms with Crippen LogP contribution in [0.4, 0.5) is 4.20 Å². The first kappa shape index (κ1) is 10.6. The maximum Gasteiger partial charge on any atom is 2.00 e. The largest absolute Gasteiger partial charge is 2.00 e. The molecule has 1 atom stereocenters. The third kappa shape index (κ3) is 44.3. The Balaban J connectivity index is -0.0000000267. The quantitative estimate of drug-likeness (QED) is 0.426. The van der Waals surface area contributed by atoms with Gasteiger partial charge in [0.05, 0.1) is 0 Å². The van der Waals surface area contributed by atoms with Crippen molar-refractivity contribution < 1.29 is 16.5 Å². The van der Waals surface area contributed by atoms with Gasteiger partial charge in [-0.15, -0.1) is 4.20 Å². The van der Waals surface area contributed by atoms with Crippen molar-refractivity contribution in [3.8, 4) is 0 Å². The molecule has 2 nitrogen and oxygen atoms in total. The molecule has 0 spiro atoms. The summed E-state index contributed by atoms with van der Waals surface area (Å²) in [5, 5.41) is 0. The first-order chi connectivity index (χ1) is 2.00. The average Bonchev–Trinajstić information content (AvgIpc) is 0.722. The van der Waals surface area contributed by atoms with Crippen LogP contribution in [0.1, 0.15) is 2.85 Å². The van der Waals surface area contributed by atoms with E-state index >= 15 is 0 Å². The van der Waals surface area contributed by atoms with Gasteiger partial charge in [-0.2, -0.15) is 0 Å². The fourth-order valence-corrected chi connectivity index (χ4v) is 0. The van der Waals surface area contributed by atoms with Crippen LogP contribution in [0.25, 0.3) is 0 Å². The Morgan fingerprint density at radius 1 is 2.00 bits per heavy atom. The molecular formula is H3CaClFO2P. The molecule has 0 aliphatic carbocycles. The Bertz CT molecular complexity index is 66.2. The van der Waals surface area contributed by atoms with Crippen molar-refractivity contribution in [3.63, 3.8) is 0 Å². The molecule has 0 saturated heterocycles. The van der Waals surface area contributed by atoms with Crippen LogP contribution < -0.4 is 0 Å². The molecule has 0 radical (unpaired) electrons. The minimum Gasteiger partial charge on any atom is -1.00 e. The van der Waals surface area contributed by atoms with Gasteiger partial charge in [0.15, 0.2) is 0 Å². The van der Waals surface area contributed by atoms with E-state index in [1.54, 1.807) is 0 Å². The van der Waals surface area contributed by atoms with Crippen LogP contribution in [-0.2, 0) is 4.57 Å². The fraction of sp³-hybridized carbons (Fsp3) is 0. The second-order valence-electron chi connectivity index (χ2n) is 0.435. The van der Waals surface area contributed by atoms with Crippen molar-refractivity contribution in [2.24, 2.45) is 0 Å². The van der Waals surface area contributed by atoms with E-state index in [1.807, 2.05) is 0 Å². The maximum atomic E-state index is 10.6. The van der Waals surface area contributed by atoms with Gasteiger partial charge in [-0.3, -0.25) is 0 Å². The van der Waals surface area contributed by atoms with Crippen LogP contribution in [0.2, 0.25) is 0 Å². The topological polar surface area (TPSA) is 37.3 Å². The Hall–Kier alpha value is 1.67. The zero-order chi connectivity index (χ0) is 4.50. The second-order valence-corrected chi connectivity index (χ2v) is 2.56. The molecule has 0 aromatic carbocycles. The molecule has 0 heterocycles. The Labute approximate surface area is 72.0 Å². The zero-order valence-electron chi connectivity index (χ0n) is 4.77. The molecule has 0 saturated carbocycles. The van der Waals surface area contributed by atoms with Gasteiger partial charge < -0.3 is 7.75 Å². The predicted octanol–water partition coefficient (Wildman–Crippen LogP) is 1.14. The molecule has 0 fully saturated rings. The van der Waals surface area contributed by atoms with Crippen LogP contribution in [0, 0.1) is 0 Å². The smallest absolute Gasteiger partial charge is 1.00 e. The van der Waals surface area contributed by atoms with Gasteiger partial charge in [-0.25, -0.2) is 4.57 Å². The molecular weight excluding hydrogens is 158 g/mol. The number of rotatable bonds is 0. The van der Waals surface area contributed by atoms with Crippen LogP contribution in [0.3, 0.4) is 0 Å². The van der Waals surface area contributed by atoms with Gasteiger partial charge >= 0.3 is 44.8 Å². The van der Waals surface area contributed by atoms with Crippen LogP contribution in [-0.4, -0.2) is 42.6 Å². The summed E-state index contributed by atoms with van der Waals surface area (Å²) in [4.78, 5) is 7.18. The molecule has 6 heavy (non-hydrogen) atoms. The molecule has 0 aliphatic heterocycles. The summed E-state index contributed by atoms with van der Waals surface area (Å²) in [5.41, 5.74) is 0. The van der Waals surface area contributed by atoms with E-state index < -0.39 is 7.03 Å². The third-order valence-electron chi connectivity index (χ3n) is 0. The van der Waals surface area contributed by atoms with E-state index in [0.717, 1.165) is 0 Å². The van der Waals surface area contributed by atoms with Crippen molar-refractivity contribution in [1.82, 2.24) is 0 Å². The first-order valence-corrected chi connectivity index (χ1v) is 3.18. The molecule has 1 N–H and O–H groups in total. The molecule has 1 unspecified atom stereocenters. The Morgan fingerprint density at radius 2 is 2.00 bits per heavy atom. The summed E-state index contributed by atoms with van der Waals surface area (Å²) in [6.45, 7) is 0. The van der Waals surface area contributed by atoms with E-state index in [1.165, 1.54) is 0 Å². The molecule has 36 valence electrons. The molecule has 0 aromatic heterocycles. The van der Waals surface area contributed by atoms with Crippen molar-refractivity contribution in [2.45, 2.75) is 0 Å². The first-order valence-electron chi connectivity index (χ1n) is 0.721. The molecule has 0 aromatic rings. The summed E-state index contributed by atoms with van der Waals surface area (Å²) < 4.78 is 19.4. The van der Waals surface area contributed by atoms with Gasteiger partial charge in [0.2, 0.25) is 0 Å². The van der Waals surface area contributed by atoms with Gasteiger partial charge in [-0.05, 0) is 0 Å². The zero-order valence-corrected chi connectivity index (χ0v) is 6.62. The van der Waals surface area contributed by atoms with Crippen molar-refractivity contribution in [1.29, 1.82) is 0 Å².